The molecule has 1 aromatic carbocycles. The van der Waals surface area contributed by atoms with E-state index < -0.39 is 11.7 Å². The summed E-state index contributed by atoms with van der Waals surface area (Å²) in [6.07, 6.45) is 0.350. The first-order chi connectivity index (χ1) is 9.20. The predicted octanol–water partition coefficient (Wildman–Crippen LogP) is 3.17. The first-order valence-electron chi connectivity index (χ1n) is 6.81. The van der Waals surface area contributed by atoms with Gasteiger partial charge in [-0.3, -0.25) is 14.5 Å². The lowest BCUT2D eigenvalue weighted by molar-refractivity contribution is -0.125. The van der Waals surface area contributed by atoms with E-state index in [0.29, 0.717) is 13.0 Å². The van der Waals surface area contributed by atoms with Gasteiger partial charge in [-0.25, -0.2) is 4.39 Å². The average molecular weight is 277 g/mol. The fourth-order valence-corrected chi connectivity index (χ4v) is 2.43. The summed E-state index contributed by atoms with van der Waals surface area (Å²) in [5.41, 5.74) is 0.734. The summed E-state index contributed by atoms with van der Waals surface area (Å²) in [7, 11) is 0. The number of carbonyl (C=O) groups is 2. The van der Waals surface area contributed by atoms with Gasteiger partial charge in [0.05, 0.1) is 5.56 Å². The molecule has 2 rings (SSSR count). The molecule has 0 aliphatic carbocycles. The Bertz CT molecular complexity index is 560. The van der Waals surface area contributed by atoms with Crippen LogP contribution < -0.4 is 0 Å². The average Bonchev–Trinajstić information content (AvgIpc) is 2.73. The summed E-state index contributed by atoms with van der Waals surface area (Å²) in [5.74, 6) is -1.20. The Balaban J connectivity index is 2.26. The van der Waals surface area contributed by atoms with Crippen LogP contribution in [-0.2, 0) is 4.79 Å². The van der Waals surface area contributed by atoms with Gasteiger partial charge in [-0.1, -0.05) is 32.4 Å². The van der Waals surface area contributed by atoms with Crippen LogP contribution in [0, 0.1) is 24.1 Å². The second-order valence-corrected chi connectivity index (χ2v) is 6.56. The molecule has 4 heteroatoms. The highest BCUT2D eigenvalue weighted by atomic mass is 19.1. The van der Waals surface area contributed by atoms with Crippen LogP contribution in [0.4, 0.5) is 4.39 Å². The van der Waals surface area contributed by atoms with Crippen LogP contribution >= 0.6 is 0 Å². The second kappa shape index (κ2) is 5.00. The fraction of sp³-hybridized carbons (Fsp3) is 0.500. The minimum atomic E-state index is -0.576. The smallest absolute Gasteiger partial charge is 0.263 e. The molecule has 1 fully saturated rings. The maximum Gasteiger partial charge on any atom is 0.263 e. The number of hydrogen-bond acceptors (Lipinski definition) is 2. The van der Waals surface area contributed by atoms with Crippen LogP contribution in [0.3, 0.4) is 0 Å². The van der Waals surface area contributed by atoms with Crippen molar-refractivity contribution in [3.05, 3.63) is 35.1 Å². The maximum atomic E-state index is 13.8. The van der Waals surface area contributed by atoms with Gasteiger partial charge in [-0.2, -0.15) is 0 Å². The lowest BCUT2D eigenvalue weighted by Crippen LogP contribution is -2.34. The number of rotatable bonds is 1. The van der Waals surface area contributed by atoms with Gasteiger partial charge >= 0.3 is 0 Å². The van der Waals surface area contributed by atoms with E-state index in [0.717, 1.165) is 5.56 Å². The number of carbonyl (C=O) groups excluding carboxylic acids is 2. The monoisotopic (exact) mass is 277 g/mol. The first kappa shape index (κ1) is 14.7. The highest BCUT2D eigenvalue weighted by molar-refractivity contribution is 6.06. The van der Waals surface area contributed by atoms with Crippen molar-refractivity contribution in [2.45, 2.75) is 34.1 Å². The van der Waals surface area contributed by atoms with Gasteiger partial charge in [0.15, 0.2) is 0 Å². The fourth-order valence-electron chi connectivity index (χ4n) is 2.43. The van der Waals surface area contributed by atoms with Crippen molar-refractivity contribution in [2.75, 3.05) is 6.54 Å². The summed E-state index contributed by atoms with van der Waals surface area (Å²) < 4.78 is 13.8. The molecule has 20 heavy (non-hydrogen) atoms. The Hall–Kier alpha value is -1.71. The van der Waals surface area contributed by atoms with Crippen molar-refractivity contribution in [1.29, 1.82) is 0 Å². The number of amides is 2. The number of halogens is 1. The largest absolute Gasteiger partial charge is 0.278 e. The Morgan fingerprint density at radius 2 is 2.00 bits per heavy atom. The summed E-state index contributed by atoms with van der Waals surface area (Å²) >= 11 is 0. The molecule has 1 atom stereocenters. The van der Waals surface area contributed by atoms with E-state index in [1.165, 1.54) is 17.0 Å². The number of nitrogens with zero attached hydrogens (tertiary/aromatic N) is 1. The van der Waals surface area contributed by atoms with Gasteiger partial charge in [-0.05, 0) is 30.4 Å². The summed E-state index contributed by atoms with van der Waals surface area (Å²) in [4.78, 5) is 25.6. The standard InChI is InChI=1S/C16H20FNO2/c1-10-5-6-13(17)12(7-10)15(20)18-9-11(8-14(18)19)16(2,3)4/h5-7,11H,8-9H2,1-4H3. The molecule has 3 nitrogen and oxygen atoms in total. The zero-order valence-corrected chi connectivity index (χ0v) is 12.4. The SMILES string of the molecule is Cc1ccc(F)c(C(=O)N2CC(C(C)(C)C)CC2=O)c1. The van der Waals surface area contributed by atoms with Crippen molar-refractivity contribution in [3.63, 3.8) is 0 Å². The highest BCUT2D eigenvalue weighted by Gasteiger charge is 2.40. The maximum absolute atomic E-state index is 13.8. The second-order valence-electron chi connectivity index (χ2n) is 6.56. The number of hydrogen-bond donors (Lipinski definition) is 0. The van der Waals surface area contributed by atoms with Crippen LogP contribution in [0.25, 0.3) is 0 Å². The molecule has 1 aliphatic heterocycles. The number of imide groups is 1. The molecule has 108 valence electrons. The Morgan fingerprint density at radius 1 is 1.35 bits per heavy atom. The van der Waals surface area contributed by atoms with Gasteiger partial charge in [0, 0.05) is 13.0 Å². The highest BCUT2D eigenvalue weighted by Crippen LogP contribution is 2.35. The number of likely N-dealkylation sites (tertiary alicyclic amines) is 1. The van der Waals surface area contributed by atoms with Crippen LogP contribution in [-0.4, -0.2) is 23.3 Å². The van der Waals surface area contributed by atoms with Gasteiger partial charge in [0.25, 0.3) is 5.91 Å². The van der Waals surface area contributed by atoms with Crippen molar-refractivity contribution >= 4 is 11.8 Å². The zero-order chi connectivity index (χ0) is 15.1. The molecule has 1 heterocycles. The van der Waals surface area contributed by atoms with Crippen molar-refractivity contribution in [1.82, 2.24) is 4.90 Å². The minimum absolute atomic E-state index is 0.0205. The Labute approximate surface area is 118 Å². The summed E-state index contributed by atoms with van der Waals surface area (Å²) in [5, 5.41) is 0. The molecule has 1 unspecified atom stereocenters. The molecule has 1 aromatic rings. The minimum Gasteiger partial charge on any atom is -0.278 e. The van der Waals surface area contributed by atoms with Gasteiger partial charge in [0.1, 0.15) is 5.82 Å². The van der Waals surface area contributed by atoms with E-state index in [1.807, 2.05) is 20.8 Å². The summed E-state index contributed by atoms with van der Waals surface area (Å²) in [6, 6.07) is 4.37. The molecular formula is C16H20FNO2. The molecular weight excluding hydrogens is 257 g/mol. The molecule has 0 saturated carbocycles. The van der Waals surface area contributed by atoms with Crippen LogP contribution in [0.15, 0.2) is 18.2 Å². The topological polar surface area (TPSA) is 37.4 Å². The third-order valence-electron chi connectivity index (χ3n) is 3.95. The molecule has 0 aromatic heterocycles. The molecule has 0 radical (unpaired) electrons. The molecule has 1 aliphatic rings. The molecule has 1 saturated heterocycles. The van der Waals surface area contributed by atoms with Crippen molar-refractivity contribution < 1.29 is 14.0 Å². The van der Waals surface area contributed by atoms with Crippen LogP contribution in [0.5, 0.6) is 0 Å². The predicted molar refractivity (Wildman–Crippen MR) is 74.7 cm³/mol. The van der Waals surface area contributed by atoms with Crippen LogP contribution in [0.1, 0.15) is 43.1 Å². The quantitative estimate of drug-likeness (QED) is 0.739. The van der Waals surface area contributed by atoms with Crippen molar-refractivity contribution in [2.24, 2.45) is 11.3 Å². The third-order valence-corrected chi connectivity index (χ3v) is 3.95. The van der Waals surface area contributed by atoms with E-state index in [4.69, 9.17) is 0 Å². The van der Waals surface area contributed by atoms with E-state index in [2.05, 4.69) is 0 Å². The zero-order valence-electron chi connectivity index (χ0n) is 12.4. The Morgan fingerprint density at radius 3 is 2.55 bits per heavy atom. The van der Waals surface area contributed by atoms with Crippen molar-refractivity contribution in [3.8, 4) is 0 Å². The normalized spacial score (nSPS) is 19.6. The summed E-state index contributed by atoms with van der Waals surface area (Å²) in [6.45, 7) is 8.30. The van der Waals surface area contributed by atoms with E-state index in [1.54, 1.807) is 13.0 Å². The lowest BCUT2D eigenvalue weighted by Gasteiger charge is -2.26. The lowest BCUT2D eigenvalue weighted by atomic mass is 9.80. The van der Waals surface area contributed by atoms with E-state index in [-0.39, 0.29) is 22.8 Å². The molecule has 2 amide bonds. The molecule has 0 N–H and O–H groups in total. The van der Waals surface area contributed by atoms with E-state index in [9.17, 15) is 14.0 Å². The number of benzene rings is 1. The van der Waals surface area contributed by atoms with Gasteiger partial charge < -0.3 is 0 Å². The number of aryl methyl sites for hydroxylation is 1. The molecule has 0 spiro atoms. The van der Waals surface area contributed by atoms with Gasteiger partial charge in [-0.15, -0.1) is 0 Å². The van der Waals surface area contributed by atoms with Crippen LogP contribution in [0.2, 0.25) is 0 Å². The first-order valence-corrected chi connectivity index (χ1v) is 6.81. The molecule has 0 bridgehead atoms. The third kappa shape index (κ3) is 2.74. The Kier molecular flexibility index (Phi) is 3.67. The van der Waals surface area contributed by atoms with Gasteiger partial charge in [0.2, 0.25) is 5.91 Å². The van der Waals surface area contributed by atoms with E-state index >= 15 is 0 Å².